The Morgan fingerprint density at radius 3 is 2.94 bits per heavy atom. The van der Waals surface area contributed by atoms with Crippen molar-refractivity contribution < 1.29 is 14.5 Å². The number of hydrogen-bond acceptors (Lipinski definition) is 5. The molecule has 6 nitrogen and oxygen atoms in total. The van der Waals surface area contributed by atoms with E-state index in [0.717, 1.165) is 0 Å². The number of carbonyl (C=O) groups is 1. The largest absolute Gasteiger partial charge is 0.481 e. The second-order valence-corrected chi connectivity index (χ2v) is 4.59. The molecule has 1 aliphatic rings. The van der Waals surface area contributed by atoms with Crippen LogP contribution in [0.2, 0.25) is 0 Å². The van der Waals surface area contributed by atoms with E-state index in [1.54, 1.807) is 6.07 Å². The fraction of sp³-hybridized carbons (Fsp3) is 0.500. The van der Waals surface area contributed by atoms with Crippen molar-refractivity contribution in [2.45, 2.75) is 32.8 Å². The summed E-state index contributed by atoms with van der Waals surface area (Å²) in [7, 11) is 0. The molecule has 1 aliphatic carbocycles. The molecule has 0 aromatic carbocycles. The molecule has 0 spiro atoms. The minimum atomic E-state index is -0.584. The second-order valence-electron chi connectivity index (χ2n) is 4.59. The number of ketones is 1. The number of carbonyl (C=O) groups excluding carboxylic acids is 1. The van der Waals surface area contributed by atoms with Gasteiger partial charge < -0.3 is 14.9 Å². The summed E-state index contributed by atoms with van der Waals surface area (Å²) in [6, 6.07) is 3.08. The fourth-order valence-electron chi connectivity index (χ4n) is 2.04. The standard InChI is InChI=1S/C12H14N2O4/c1-3-12(2)9(15)7-10(12)18-8-5-4-6-13-11(8)14(16)17/h4-6,10H,3,7H2,1-2H3. The van der Waals surface area contributed by atoms with Crippen LogP contribution in [-0.4, -0.2) is 21.8 Å². The smallest absolute Gasteiger partial charge is 0.406 e. The molecule has 0 saturated heterocycles. The average Bonchev–Trinajstić information content (AvgIpc) is 2.37. The molecule has 0 aliphatic heterocycles. The third kappa shape index (κ3) is 1.83. The van der Waals surface area contributed by atoms with E-state index in [1.165, 1.54) is 12.3 Å². The van der Waals surface area contributed by atoms with Crippen molar-refractivity contribution in [1.29, 1.82) is 0 Å². The van der Waals surface area contributed by atoms with Gasteiger partial charge in [-0.15, -0.1) is 0 Å². The number of nitrogens with zero attached hydrogens (tertiary/aromatic N) is 2. The maximum Gasteiger partial charge on any atom is 0.406 e. The Balaban J connectivity index is 2.21. The lowest BCUT2D eigenvalue weighted by molar-refractivity contribution is -0.390. The predicted octanol–water partition coefficient (Wildman–Crippen LogP) is 2.13. The van der Waals surface area contributed by atoms with Crippen molar-refractivity contribution in [2.75, 3.05) is 0 Å². The molecule has 0 bridgehead atoms. The summed E-state index contributed by atoms with van der Waals surface area (Å²) in [6.45, 7) is 3.73. The summed E-state index contributed by atoms with van der Waals surface area (Å²) < 4.78 is 5.59. The van der Waals surface area contributed by atoms with Gasteiger partial charge in [0.1, 0.15) is 18.1 Å². The van der Waals surface area contributed by atoms with Gasteiger partial charge in [0.15, 0.2) is 0 Å². The zero-order valence-electron chi connectivity index (χ0n) is 10.3. The molecule has 1 fully saturated rings. The molecular weight excluding hydrogens is 236 g/mol. The summed E-state index contributed by atoms with van der Waals surface area (Å²) in [5.74, 6) is -0.0449. The summed E-state index contributed by atoms with van der Waals surface area (Å²) in [4.78, 5) is 25.5. The first kappa shape index (κ1) is 12.5. The maximum atomic E-state index is 11.6. The molecule has 1 aromatic heterocycles. The molecule has 6 heteroatoms. The number of hydrogen-bond donors (Lipinski definition) is 0. The predicted molar refractivity (Wildman–Crippen MR) is 63.3 cm³/mol. The first-order chi connectivity index (χ1) is 8.49. The third-order valence-electron chi connectivity index (χ3n) is 3.65. The monoisotopic (exact) mass is 250 g/mol. The quantitative estimate of drug-likeness (QED) is 0.603. The van der Waals surface area contributed by atoms with Gasteiger partial charge in [-0.2, -0.15) is 0 Å². The zero-order valence-corrected chi connectivity index (χ0v) is 10.3. The lowest BCUT2D eigenvalue weighted by atomic mass is 9.64. The van der Waals surface area contributed by atoms with Gasteiger partial charge in [-0.05, 0) is 35.4 Å². The van der Waals surface area contributed by atoms with E-state index < -0.39 is 10.3 Å². The van der Waals surface area contributed by atoms with Gasteiger partial charge in [0.25, 0.3) is 0 Å². The number of aromatic nitrogens is 1. The topological polar surface area (TPSA) is 82.3 Å². The van der Waals surface area contributed by atoms with Crippen LogP contribution in [-0.2, 0) is 4.79 Å². The van der Waals surface area contributed by atoms with Crippen molar-refractivity contribution in [3.8, 4) is 5.75 Å². The summed E-state index contributed by atoms with van der Waals surface area (Å²) >= 11 is 0. The SMILES string of the molecule is CCC1(C)C(=O)CC1Oc1cccnc1[N+](=O)[O-]. The highest BCUT2D eigenvalue weighted by Gasteiger charge is 2.52. The van der Waals surface area contributed by atoms with Crippen molar-refractivity contribution in [2.24, 2.45) is 5.41 Å². The first-order valence-corrected chi connectivity index (χ1v) is 5.78. The summed E-state index contributed by atoms with van der Waals surface area (Å²) in [5.41, 5.74) is -0.538. The van der Waals surface area contributed by atoms with Crippen molar-refractivity contribution in [1.82, 2.24) is 4.98 Å². The van der Waals surface area contributed by atoms with Gasteiger partial charge in [0, 0.05) is 6.42 Å². The first-order valence-electron chi connectivity index (χ1n) is 5.78. The lowest BCUT2D eigenvalue weighted by Crippen LogP contribution is -2.54. The van der Waals surface area contributed by atoms with Crippen LogP contribution in [0.4, 0.5) is 5.82 Å². The Morgan fingerprint density at radius 2 is 2.39 bits per heavy atom. The average molecular weight is 250 g/mol. The van der Waals surface area contributed by atoms with Crippen LogP contribution in [0.25, 0.3) is 0 Å². The Labute approximate surface area is 104 Å². The van der Waals surface area contributed by atoms with Crippen LogP contribution in [0, 0.1) is 15.5 Å². The van der Waals surface area contributed by atoms with Crippen LogP contribution in [0.5, 0.6) is 5.75 Å². The van der Waals surface area contributed by atoms with Gasteiger partial charge in [-0.1, -0.05) is 6.92 Å². The third-order valence-corrected chi connectivity index (χ3v) is 3.65. The van der Waals surface area contributed by atoms with E-state index in [9.17, 15) is 14.9 Å². The van der Waals surface area contributed by atoms with Crippen molar-refractivity contribution in [3.63, 3.8) is 0 Å². The van der Waals surface area contributed by atoms with Gasteiger partial charge in [-0.25, -0.2) is 0 Å². The van der Waals surface area contributed by atoms with E-state index >= 15 is 0 Å². The Bertz CT molecular complexity index is 503. The van der Waals surface area contributed by atoms with Crippen molar-refractivity contribution in [3.05, 3.63) is 28.4 Å². The highest BCUT2D eigenvalue weighted by Crippen LogP contribution is 2.43. The van der Waals surface area contributed by atoms with E-state index in [0.29, 0.717) is 12.8 Å². The van der Waals surface area contributed by atoms with E-state index in [-0.39, 0.29) is 23.5 Å². The normalized spacial score (nSPS) is 26.6. The van der Waals surface area contributed by atoms with Crippen LogP contribution in [0.3, 0.4) is 0 Å². The molecule has 2 unspecified atom stereocenters. The minimum Gasteiger partial charge on any atom is -0.481 e. The second kappa shape index (κ2) is 4.36. The van der Waals surface area contributed by atoms with Gasteiger partial charge in [0.2, 0.25) is 5.75 Å². The molecule has 1 aromatic rings. The van der Waals surface area contributed by atoms with E-state index in [2.05, 4.69) is 4.98 Å². The molecule has 0 amide bonds. The zero-order chi connectivity index (χ0) is 13.3. The Morgan fingerprint density at radius 1 is 1.67 bits per heavy atom. The van der Waals surface area contributed by atoms with E-state index in [1.807, 2.05) is 13.8 Å². The van der Waals surface area contributed by atoms with Crippen LogP contribution >= 0.6 is 0 Å². The molecule has 18 heavy (non-hydrogen) atoms. The number of ether oxygens (including phenoxy) is 1. The van der Waals surface area contributed by atoms with Gasteiger partial charge >= 0.3 is 5.82 Å². The number of rotatable bonds is 4. The molecule has 96 valence electrons. The van der Waals surface area contributed by atoms with Gasteiger partial charge in [-0.3, -0.25) is 4.79 Å². The number of pyridine rings is 1. The van der Waals surface area contributed by atoms with Gasteiger partial charge in [0.05, 0.1) is 5.41 Å². The molecular formula is C12H14N2O4. The maximum absolute atomic E-state index is 11.6. The number of Topliss-reactive ketones (excluding diaryl/α,β-unsaturated/α-hetero) is 1. The van der Waals surface area contributed by atoms with E-state index in [4.69, 9.17) is 4.74 Å². The lowest BCUT2D eigenvalue weighted by Gasteiger charge is -2.43. The molecule has 0 N–H and O–H groups in total. The number of nitro groups is 1. The Hall–Kier alpha value is -1.98. The summed E-state index contributed by atoms with van der Waals surface area (Å²) in [6.07, 6.45) is 1.99. The van der Waals surface area contributed by atoms with Crippen LogP contribution in [0.15, 0.2) is 18.3 Å². The molecule has 1 heterocycles. The summed E-state index contributed by atoms with van der Waals surface area (Å²) in [5, 5.41) is 10.8. The molecule has 2 atom stereocenters. The van der Waals surface area contributed by atoms with Crippen LogP contribution in [0.1, 0.15) is 26.7 Å². The Kier molecular flexibility index (Phi) is 3.02. The van der Waals surface area contributed by atoms with Crippen molar-refractivity contribution >= 4 is 11.6 Å². The highest BCUT2D eigenvalue weighted by atomic mass is 16.6. The fourth-order valence-corrected chi connectivity index (χ4v) is 2.04. The molecule has 1 saturated carbocycles. The highest BCUT2D eigenvalue weighted by molar-refractivity contribution is 5.92. The minimum absolute atomic E-state index is 0.125. The van der Waals surface area contributed by atoms with Crippen LogP contribution < -0.4 is 4.74 Å². The molecule has 2 rings (SSSR count). The molecule has 0 radical (unpaired) electrons.